The number of hydrogen-bond acceptors (Lipinski definition) is 3. The molecule has 2 rings (SSSR count). The van der Waals surface area contributed by atoms with Gasteiger partial charge in [0, 0.05) is 5.69 Å². The number of nitrogen functional groups attached to an aromatic ring is 1. The average Bonchev–Trinajstić information content (AvgIpc) is 2.40. The molecule has 0 amide bonds. The Morgan fingerprint density at radius 3 is 2.20 bits per heavy atom. The number of hydrogen-bond donors (Lipinski definition) is 1. The van der Waals surface area contributed by atoms with Crippen LogP contribution in [0.15, 0.2) is 48.5 Å². The molecule has 2 aromatic rings. The van der Waals surface area contributed by atoms with Gasteiger partial charge in [0.2, 0.25) is 0 Å². The molecule has 0 saturated heterocycles. The van der Waals surface area contributed by atoms with E-state index in [1.54, 1.807) is 6.07 Å². The van der Waals surface area contributed by atoms with Gasteiger partial charge in [0.05, 0.1) is 11.5 Å². The summed E-state index contributed by atoms with van der Waals surface area (Å²) in [5.41, 5.74) is 9.25. The number of rotatable bonds is 5. The SMILES string of the molecule is Cc1ccccc1CS(=O)(=O)CCc1ccccc1N. The summed E-state index contributed by atoms with van der Waals surface area (Å²) in [5, 5.41) is 0. The molecule has 0 fully saturated rings. The van der Waals surface area contributed by atoms with E-state index < -0.39 is 9.84 Å². The van der Waals surface area contributed by atoms with Crippen molar-refractivity contribution in [1.29, 1.82) is 0 Å². The lowest BCUT2D eigenvalue weighted by Crippen LogP contribution is -2.13. The van der Waals surface area contributed by atoms with E-state index in [2.05, 4.69) is 0 Å². The van der Waals surface area contributed by atoms with Gasteiger partial charge in [-0.2, -0.15) is 0 Å². The topological polar surface area (TPSA) is 60.2 Å². The second kappa shape index (κ2) is 6.09. The van der Waals surface area contributed by atoms with Crippen LogP contribution in [-0.4, -0.2) is 14.2 Å². The lowest BCUT2D eigenvalue weighted by atomic mass is 10.1. The van der Waals surface area contributed by atoms with E-state index in [1.807, 2.05) is 49.4 Å². The van der Waals surface area contributed by atoms with Crippen molar-refractivity contribution in [1.82, 2.24) is 0 Å². The molecule has 0 radical (unpaired) electrons. The van der Waals surface area contributed by atoms with Gasteiger partial charge in [-0.25, -0.2) is 8.42 Å². The standard InChI is InChI=1S/C16H19NO2S/c1-13-6-2-3-8-15(13)12-20(18,19)11-10-14-7-4-5-9-16(14)17/h2-9H,10-12,17H2,1H3. The van der Waals surface area contributed by atoms with E-state index in [0.717, 1.165) is 16.7 Å². The fourth-order valence-corrected chi connectivity index (χ4v) is 3.58. The molecule has 0 spiro atoms. The largest absolute Gasteiger partial charge is 0.399 e. The minimum Gasteiger partial charge on any atom is -0.399 e. The number of sulfone groups is 1. The molecule has 0 unspecified atom stereocenters. The lowest BCUT2D eigenvalue weighted by molar-refractivity contribution is 0.594. The predicted molar refractivity (Wildman–Crippen MR) is 83.2 cm³/mol. The minimum absolute atomic E-state index is 0.0897. The van der Waals surface area contributed by atoms with Crippen molar-refractivity contribution in [2.45, 2.75) is 19.1 Å². The molecule has 4 heteroatoms. The molecule has 0 bridgehead atoms. The van der Waals surface area contributed by atoms with Crippen LogP contribution < -0.4 is 5.73 Å². The first-order chi connectivity index (χ1) is 9.48. The fraction of sp³-hybridized carbons (Fsp3) is 0.250. The van der Waals surface area contributed by atoms with Crippen LogP contribution in [0.2, 0.25) is 0 Å². The summed E-state index contributed by atoms with van der Waals surface area (Å²) < 4.78 is 24.4. The Bertz CT molecular complexity index is 693. The van der Waals surface area contributed by atoms with Gasteiger partial charge in [0.25, 0.3) is 0 Å². The van der Waals surface area contributed by atoms with Crippen molar-refractivity contribution < 1.29 is 8.42 Å². The van der Waals surface area contributed by atoms with Crippen LogP contribution in [-0.2, 0) is 22.0 Å². The van der Waals surface area contributed by atoms with Gasteiger partial charge in [0.15, 0.2) is 9.84 Å². The monoisotopic (exact) mass is 289 g/mol. The van der Waals surface area contributed by atoms with Gasteiger partial charge >= 0.3 is 0 Å². The molecule has 2 aromatic carbocycles. The van der Waals surface area contributed by atoms with Crippen molar-refractivity contribution in [3.8, 4) is 0 Å². The molecule has 0 aliphatic carbocycles. The maximum absolute atomic E-state index is 12.2. The van der Waals surface area contributed by atoms with E-state index in [-0.39, 0.29) is 11.5 Å². The normalized spacial score (nSPS) is 11.4. The Morgan fingerprint density at radius 1 is 0.950 bits per heavy atom. The van der Waals surface area contributed by atoms with Crippen molar-refractivity contribution in [2.24, 2.45) is 0 Å². The highest BCUT2D eigenvalue weighted by Crippen LogP contribution is 2.15. The highest BCUT2D eigenvalue weighted by atomic mass is 32.2. The fourth-order valence-electron chi connectivity index (χ4n) is 2.11. The smallest absolute Gasteiger partial charge is 0.154 e. The first-order valence-corrected chi connectivity index (χ1v) is 8.38. The molecule has 0 aliphatic rings. The second-order valence-corrected chi connectivity index (χ2v) is 7.15. The minimum atomic E-state index is -3.13. The van der Waals surface area contributed by atoms with Crippen LogP contribution in [0.3, 0.4) is 0 Å². The van der Waals surface area contributed by atoms with Crippen molar-refractivity contribution >= 4 is 15.5 Å². The quantitative estimate of drug-likeness (QED) is 0.861. The van der Waals surface area contributed by atoms with Gasteiger partial charge < -0.3 is 5.73 Å². The summed E-state index contributed by atoms with van der Waals surface area (Å²) >= 11 is 0. The van der Waals surface area contributed by atoms with Crippen LogP contribution in [0.5, 0.6) is 0 Å². The lowest BCUT2D eigenvalue weighted by Gasteiger charge is -2.08. The number of aryl methyl sites for hydroxylation is 2. The highest BCUT2D eigenvalue weighted by Gasteiger charge is 2.14. The molecule has 20 heavy (non-hydrogen) atoms. The Labute approximate surface area is 120 Å². The van der Waals surface area contributed by atoms with Crippen LogP contribution in [0.25, 0.3) is 0 Å². The molecule has 3 nitrogen and oxygen atoms in total. The molecular weight excluding hydrogens is 270 g/mol. The molecule has 0 aliphatic heterocycles. The van der Waals surface area contributed by atoms with Gasteiger partial charge in [-0.1, -0.05) is 42.5 Å². The van der Waals surface area contributed by atoms with Crippen molar-refractivity contribution in [3.63, 3.8) is 0 Å². The Morgan fingerprint density at radius 2 is 1.55 bits per heavy atom. The number of nitrogens with two attached hydrogens (primary N) is 1. The zero-order chi connectivity index (χ0) is 14.6. The third kappa shape index (κ3) is 3.84. The predicted octanol–water partition coefficient (Wildman–Crippen LogP) is 2.73. The first-order valence-electron chi connectivity index (χ1n) is 6.56. The first kappa shape index (κ1) is 14.6. The van der Waals surface area contributed by atoms with Crippen molar-refractivity contribution in [2.75, 3.05) is 11.5 Å². The third-order valence-electron chi connectivity index (χ3n) is 3.37. The number of benzene rings is 2. The molecule has 0 aromatic heterocycles. The van der Waals surface area contributed by atoms with Gasteiger partial charge in [0.1, 0.15) is 0 Å². The summed E-state index contributed by atoms with van der Waals surface area (Å²) in [6, 6.07) is 15.0. The average molecular weight is 289 g/mol. The summed E-state index contributed by atoms with van der Waals surface area (Å²) in [6.45, 7) is 1.93. The number of para-hydroxylation sites is 1. The zero-order valence-corrected chi connectivity index (χ0v) is 12.4. The highest BCUT2D eigenvalue weighted by molar-refractivity contribution is 7.90. The van der Waals surface area contributed by atoms with Crippen LogP contribution in [0.4, 0.5) is 5.69 Å². The van der Waals surface area contributed by atoms with Gasteiger partial charge in [-0.3, -0.25) is 0 Å². The Kier molecular flexibility index (Phi) is 4.45. The Hall–Kier alpha value is -1.81. The van der Waals surface area contributed by atoms with E-state index in [0.29, 0.717) is 12.1 Å². The molecule has 106 valence electrons. The third-order valence-corrected chi connectivity index (χ3v) is 4.95. The second-order valence-electron chi connectivity index (χ2n) is 4.97. The van der Waals surface area contributed by atoms with Gasteiger partial charge in [-0.05, 0) is 36.1 Å². The van der Waals surface area contributed by atoms with E-state index >= 15 is 0 Å². The maximum Gasteiger partial charge on any atom is 0.154 e. The summed E-state index contributed by atoms with van der Waals surface area (Å²) in [7, 11) is -3.13. The van der Waals surface area contributed by atoms with Crippen LogP contribution in [0.1, 0.15) is 16.7 Å². The van der Waals surface area contributed by atoms with Gasteiger partial charge in [-0.15, -0.1) is 0 Å². The summed E-state index contributed by atoms with van der Waals surface area (Å²) in [4.78, 5) is 0. The molecule has 0 atom stereocenters. The van der Waals surface area contributed by atoms with Crippen LogP contribution >= 0.6 is 0 Å². The molecule has 2 N–H and O–H groups in total. The zero-order valence-electron chi connectivity index (χ0n) is 11.5. The van der Waals surface area contributed by atoms with Crippen LogP contribution in [0, 0.1) is 6.92 Å². The molecule has 0 saturated carbocycles. The molecule has 0 heterocycles. The maximum atomic E-state index is 12.2. The van der Waals surface area contributed by atoms with E-state index in [9.17, 15) is 8.42 Å². The summed E-state index contributed by atoms with van der Waals surface area (Å²) in [5.74, 6) is 0.210. The Balaban J connectivity index is 2.05. The van der Waals surface area contributed by atoms with Crippen molar-refractivity contribution in [3.05, 3.63) is 65.2 Å². The summed E-state index contributed by atoms with van der Waals surface area (Å²) in [6.07, 6.45) is 0.459. The van der Waals surface area contributed by atoms with E-state index in [4.69, 9.17) is 5.73 Å². The number of anilines is 1. The molecular formula is C16H19NO2S. The van der Waals surface area contributed by atoms with E-state index in [1.165, 1.54) is 0 Å².